The van der Waals surface area contributed by atoms with E-state index in [1.54, 1.807) is 79.9 Å². The van der Waals surface area contributed by atoms with Crippen LogP contribution in [0.2, 0.25) is 0 Å². The number of ether oxygens (including phenoxy) is 3. The first-order valence-corrected chi connectivity index (χ1v) is 11.2. The first-order valence-electron chi connectivity index (χ1n) is 11.2. The lowest BCUT2D eigenvalue weighted by atomic mass is 9.95. The molecule has 0 aliphatic carbocycles. The van der Waals surface area contributed by atoms with E-state index in [4.69, 9.17) is 14.2 Å². The van der Waals surface area contributed by atoms with Gasteiger partial charge in [0.25, 0.3) is 11.7 Å². The summed E-state index contributed by atoms with van der Waals surface area (Å²) in [5.74, 6) is 0.0465. The minimum atomic E-state index is -0.850. The number of Topliss-reactive ketones (excluding diaryl/α,β-unsaturated/α-hetero) is 1. The molecule has 1 fully saturated rings. The predicted octanol–water partition coefficient (Wildman–Crippen LogP) is 5.12. The van der Waals surface area contributed by atoms with Crippen LogP contribution in [0.25, 0.3) is 5.76 Å². The van der Waals surface area contributed by atoms with E-state index in [9.17, 15) is 14.7 Å². The van der Waals surface area contributed by atoms with Gasteiger partial charge in [0.1, 0.15) is 23.0 Å². The van der Waals surface area contributed by atoms with Crippen LogP contribution in [0.4, 0.5) is 5.69 Å². The van der Waals surface area contributed by atoms with Crippen molar-refractivity contribution in [1.29, 1.82) is 0 Å². The van der Waals surface area contributed by atoms with Crippen molar-refractivity contribution in [2.75, 3.05) is 19.1 Å². The van der Waals surface area contributed by atoms with Crippen LogP contribution in [-0.2, 0) is 9.59 Å². The molecule has 0 spiro atoms. The van der Waals surface area contributed by atoms with Gasteiger partial charge in [-0.05, 0) is 67.9 Å². The molecular weight excluding hydrogens is 446 g/mol. The zero-order valence-electron chi connectivity index (χ0n) is 20.0. The van der Waals surface area contributed by atoms with Gasteiger partial charge in [0.2, 0.25) is 0 Å². The van der Waals surface area contributed by atoms with Crippen LogP contribution in [0.5, 0.6) is 17.2 Å². The Hall–Kier alpha value is -4.26. The molecule has 7 heteroatoms. The van der Waals surface area contributed by atoms with Gasteiger partial charge in [0, 0.05) is 17.3 Å². The Labute approximate surface area is 204 Å². The van der Waals surface area contributed by atoms with Crippen molar-refractivity contribution in [3.63, 3.8) is 0 Å². The molecule has 1 atom stereocenters. The summed E-state index contributed by atoms with van der Waals surface area (Å²) >= 11 is 0. The average Bonchev–Trinajstić information content (AvgIpc) is 3.14. The molecule has 4 rings (SSSR count). The van der Waals surface area contributed by atoms with Crippen molar-refractivity contribution < 1.29 is 28.9 Å². The number of amides is 1. The standard InChI is InChI=1S/C28H27NO6/c1-17(2)35-22-14-8-18(9-15-22)25-24(26(30)19-10-12-21(33-3)13-11-19)27(31)28(32)29(25)20-6-5-7-23(16-20)34-4/h5-17,25,30H,1-4H3/b26-24+. The highest BCUT2D eigenvalue weighted by atomic mass is 16.5. The quantitative estimate of drug-likeness (QED) is 0.291. The van der Waals surface area contributed by atoms with Gasteiger partial charge in [-0.15, -0.1) is 0 Å². The highest BCUT2D eigenvalue weighted by molar-refractivity contribution is 6.51. The zero-order valence-corrected chi connectivity index (χ0v) is 20.0. The van der Waals surface area contributed by atoms with E-state index in [-0.39, 0.29) is 17.4 Å². The third kappa shape index (κ3) is 4.71. The number of ketones is 1. The second-order valence-electron chi connectivity index (χ2n) is 8.33. The van der Waals surface area contributed by atoms with E-state index in [0.717, 1.165) is 0 Å². The summed E-state index contributed by atoms with van der Waals surface area (Å²) in [6, 6.07) is 19.9. The Balaban J connectivity index is 1.88. The molecule has 1 N–H and O–H groups in total. The topological polar surface area (TPSA) is 85.3 Å². The molecule has 0 aromatic heterocycles. The van der Waals surface area contributed by atoms with Crippen molar-refractivity contribution in [1.82, 2.24) is 0 Å². The number of nitrogens with zero attached hydrogens (tertiary/aromatic N) is 1. The molecule has 35 heavy (non-hydrogen) atoms. The molecule has 1 aliphatic rings. The lowest BCUT2D eigenvalue weighted by Crippen LogP contribution is -2.29. The Morgan fingerprint density at radius 2 is 1.49 bits per heavy atom. The third-order valence-corrected chi connectivity index (χ3v) is 5.71. The zero-order chi connectivity index (χ0) is 25.1. The molecule has 1 aliphatic heterocycles. The first kappa shape index (κ1) is 23.9. The summed E-state index contributed by atoms with van der Waals surface area (Å²) in [6.07, 6.45) is -0.00154. The number of methoxy groups -OCH3 is 2. The molecule has 0 saturated carbocycles. The number of carbonyl (C=O) groups is 2. The maximum atomic E-state index is 13.3. The maximum Gasteiger partial charge on any atom is 0.300 e. The normalized spacial score (nSPS) is 17.1. The Morgan fingerprint density at radius 3 is 2.09 bits per heavy atom. The van der Waals surface area contributed by atoms with E-state index in [2.05, 4.69) is 0 Å². The number of hydrogen-bond acceptors (Lipinski definition) is 6. The van der Waals surface area contributed by atoms with Crippen molar-refractivity contribution >= 4 is 23.1 Å². The molecule has 1 amide bonds. The Bertz CT molecular complexity index is 1260. The third-order valence-electron chi connectivity index (χ3n) is 5.71. The van der Waals surface area contributed by atoms with Crippen LogP contribution in [0, 0.1) is 0 Å². The molecule has 3 aromatic carbocycles. The van der Waals surface area contributed by atoms with Crippen LogP contribution >= 0.6 is 0 Å². The molecule has 180 valence electrons. The van der Waals surface area contributed by atoms with Crippen LogP contribution < -0.4 is 19.1 Å². The molecular formula is C28H27NO6. The highest BCUT2D eigenvalue weighted by Crippen LogP contribution is 2.43. The number of aliphatic hydroxyl groups is 1. The van der Waals surface area contributed by atoms with Crippen LogP contribution in [0.1, 0.15) is 31.0 Å². The van der Waals surface area contributed by atoms with Crippen molar-refractivity contribution in [3.8, 4) is 17.2 Å². The fraction of sp³-hybridized carbons (Fsp3) is 0.214. The van der Waals surface area contributed by atoms with Gasteiger partial charge in [0.05, 0.1) is 31.9 Å². The SMILES string of the molecule is COc1ccc(/C(O)=C2\C(=O)C(=O)N(c3cccc(OC)c3)C2c2ccc(OC(C)C)cc2)cc1. The molecule has 7 nitrogen and oxygen atoms in total. The Kier molecular flexibility index (Phi) is 6.78. The summed E-state index contributed by atoms with van der Waals surface area (Å²) < 4.78 is 16.3. The van der Waals surface area contributed by atoms with Gasteiger partial charge in [-0.25, -0.2) is 0 Å². The highest BCUT2D eigenvalue weighted by Gasteiger charge is 2.47. The number of benzene rings is 3. The molecule has 1 unspecified atom stereocenters. The second-order valence-corrected chi connectivity index (χ2v) is 8.33. The van der Waals surface area contributed by atoms with Gasteiger partial charge in [-0.3, -0.25) is 14.5 Å². The molecule has 3 aromatic rings. The number of anilines is 1. The van der Waals surface area contributed by atoms with Crippen LogP contribution in [0.15, 0.2) is 78.4 Å². The fourth-order valence-electron chi connectivity index (χ4n) is 4.08. The first-order chi connectivity index (χ1) is 16.8. The van der Waals surface area contributed by atoms with Crippen molar-refractivity contribution in [2.45, 2.75) is 26.0 Å². The number of rotatable bonds is 7. The molecule has 1 heterocycles. The summed E-state index contributed by atoms with van der Waals surface area (Å²) in [7, 11) is 3.07. The lowest BCUT2D eigenvalue weighted by molar-refractivity contribution is -0.132. The van der Waals surface area contributed by atoms with E-state index < -0.39 is 17.7 Å². The minimum Gasteiger partial charge on any atom is -0.507 e. The summed E-state index contributed by atoms with van der Waals surface area (Å²) in [5.41, 5.74) is 1.53. The predicted molar refractivity (Wildman–Crippen MR) is 133 cm³/mol. The van der Waals surface area contributed by atoms with E-state index >= 15 is 0 Å². The number of aliphatic hydroxyl groups excluding tert-OH is 1. The van der Waals surface area contributed by atoms with Gasteiger partial charge in [-0.1, -0.05) is 18.2 Å². The largest absolute Gasteiger partial charge is 0.507 e. The summed E-state index contributed by atoms with van der Waals surface area (Å²) in [5, 5.41) is 11.2. The second kappa shape index (κ2) is 9.93. The van der Waals surface area contributed by atoms with Gasteiger partial charge in [0.15, 0.2) is 0 Å². The maximum absolute atomic E-state index is 13.3. The monoisotopic (exact) mass is 473 g/mol. The number of carbonyl (C=O) groups excluding carboxylic acids is 2. The molecule has 0 radical (unpaired) electrons. The Morgan fingerprint density at radius 1 is 0.857 bits per heavy atom. The lowest BCUT2D eigenvalue weighted by Gasteiger charge is -2.26. The average molecular weight is 474 g/mol. The molecule has 1 saturated heterocycles. The summed E-state index contributed by atoms with van der Waals surface area (Å²) in [4.78, 5) is 28.0. The van der Waals surface area contributed by atoms with Crippen LogP contribution in [0.3, 0.4) is 0 Å². The van der Waals surface area contributed by atoms with E-state index in [1.165, 1.54) is 12.0 Å². The van der Waals surface area contributed by atoms with Crippen molar-refractivity contribution in [3.05, 3.63) is 89.5 Å². The van der Waals surface area contributed by atoms with E-state index in [0.29, 0.717) is 34.1 Å². The van der Waals surface area contributed by atoms with E-state index in [1.807, 2.05) is 13.8 Å². The van der Waals surface area contributed by atoms with Gasteiger partial charge < -0.3 is 19.3 Å². The fourth-order valence-corrected chi connectivity index (χ4v) is 4.08. The minimum absolute atomic E-state index is 0.000477. The van der Waals surface area contributed by atoms with Gasteiger partial charge >= 0.3 is 0 Å². The smallest absolute Gasteiger partial charge is 0.300 e. The molecule has 0 bridgehead atoms. The summed E-state index contributed by atoms with van der Waals surface area (Å²) in [6.45, 7) is 3.86. The van der Waals surface area contributed by atoms with Crippen molar-refractivity contribution in [2.24, 2.45) is 0 Å². The number of hydrogen-bond donors (Lipinski definition) is 1. The van der Waals surface area contributed by atoms with Crippen LogP contribution in [-0.4, -0.2) is 37.1 Å². The van der Waals surface area contributed by atoms with Gasteiger partial charge in [-0.2, -0.15) is 0 Å².